The molecule has 5 N–H and O–H groups in total. The first-order chi connectivity index (χ1) is 7.82. The second-order valence-electron chi connectivity index (χ2n) is 3.91. The second-order valence-corrected chi connectivity index (χ2v) is 5.47. The summed E-state index contributed by atoms with van der Waals surface area (Å²) in [6.07, 6.45) is 2.55. The van der Waals surface area contributed by atoms with Crippen LogP contribution >= 0.6 is 0 Å². The molecule has 17 heavy (non-hydrogen) atoms. The van der Waals surface area contributed by atoms with Gasteiger partial charge in [0.25, 0.3) is 0 Å². The maximum Gasteiger partial charge on any atom is 0.238 e. The zero-order valence-corrected chi connectivity index (χ0v) is 10.5. The van der Waals surface area contributed by atoms with E-state index in [1.54, 1.807) is 12.1 Å². The minimum Gasteiger partial charge on any atom is -0.399 e. The first-order valence-electron chi connectivity index (χ1n) is 5.13. The van der Waals surface area contributed by atoms with Crippen LogP contribution in [0.1, 0.15) is 13.3 Å². The molecule has 0 amide bonds. The summed E-state index contributed by atoms with van der Waals surface area (Å²) in [5, 5.41) is 8.18. The summed E-state index contributed by atoms with van der Waals surface area (Å²) >= 11 is 0. The van der Waals surface area contributed by atoms with E-state index in [1.807, 2.05) is 6.92 Å². The lowest BCUT2D eigenvalue weighted by Crippen LogP contribution is -2.16. The Hall–Kier alpha value is -1.53. The molecule has 0 saturated heterocycles. The Labute approximate surface area is 102 Å². The molecule has 0 heterocycles. The van der Waals surface area contributed by atoms with Crippen LogP contribution in [-0.2, 0) is 10.0 Å². The monoisotopic (exact) mass is 255 g/mol. The van der Waals surface area contributed by atoms with Gasteiger partial charge in [0, 0.05) is 17.4 Å². The third kappa shape index (κ3) is 4.08. The fraction of sp³-hybridized carbons (Fsp3) is 0.273. The molecule has 0 radical (unpaired) electrons. The van der Waals surface area contributed by atoms with Gasteiger partial charge in [-0.25, -0.2) is 13.6 Å². The van der Waals surface area contributed by atoms with Crippen LogP contribution in [0.5, 0.6) is 0 Å². The van der Waals surface area contributed by atoms with Crippen molar-refractivity contribution in [2.24, 2.45) is 5.14 Å². The van der Waals surface area contributed by atoms with E-state index in [2.05, 4.69) is 11.9 Å². The van der Waals surface area contributed by atoms with Gasteiger partial charge < -0.3 is 11.1 Å². The number of anilines is 2. The predicted molar refractivity (Wildman–Crippen MR) is 70.1 cm³/mol. The first-order valence-corrected chi connectivity index (χ1v) is 6.68. The van der Waals surface area contributed by atoms with Gasteiger partial charge in [0.1, 0.15) is 0 Å². The molecule has 94 valence electrons. The van der Waals surface area contributed by atoms with Crippen LogP contribution in [0.2, 0.25) is 0 Å². The molecule has 0 aromatic heterocycles. The van der Waals surface area contributed by atoms with Gasteiger partial charge in [-0.15, -0.1) is 6.58 Å². The van der Waals surface area contributed by atoms with Gasteiger partial charge in [0.2, 0.25) is 10.0 Å². The van der Waals surface area contributed by atoms with Gasteiger partial charge in [-0.05, 0) is 31.5 Å². The van der Waals surface area contributed by atoms with Crippen molar-refractivity contribution in [1.82, 2.24) is 0 Å². The third-order valence-electron chi connectivity index (χ3n) is 2.19. The molecule has 0 spiro atoms. The largest absolute Gasteiger partial charge is 0.399 e. The normalized spacial score (nSPS) is 13.1. The second kappa shape index (κ2) is 5.20. The molecule has 5 nitrogen and oxygen atoms in total. The highest BCUT2D eigenvalue weighted by Crippen LogP contribution is 2.20. The molecule has 0 fully saturated rings. The zero-order valence-electron chi connectivity index (χ0n) is 9.68. The highest BCUT2D eigenvalue weighted by molar-refractivity contribution is 7.89. The van der Waals surface area contributed by atoms with Gasteiger partial charge in [-0.2, -0.15) is 0 Å². The number of sulfonamides is 1. The van der Waals surface area contributed by atoms with Crippen LogP contribution in [0.4, 0.5) is 11.4 Å². The number of nitrogen functional groups attached to an aromatic ring is 1. The number of nitrogens with two attached hydrogens (primary N) is 2. The fourth-order valence-corrected chi connectivity index (χ4v) is 2.05. The quantitative estimate of drug-likeness (QED) is 0.545. The van der Waals surface area contributed by atoms with Crippen LogP contribution in [-0.4, -0.2) is 14.5 Å². The van der Waals surface area contributed by atoms with E-state index in [9.17, 15) is 8.42 Å². The Morgan fingerprint density at radius 3 is 2.65 bits per heavy atom. The molecule has 0 saturated carbocycles. The van der Waals surface area contributed by atoms with Gasteiger partial charge in [0.05, 0.1) is 4.90 Å². The van der Waals surface area contributed by atoms with E-state index in [4.69, 9.17) is 10.9 Å². The van der Waals surface area contributed by atoms with Crippen LogP contribution < -0.4 is 16.2 Å². The number of nitrogens with one attached hydrogen (secondary N) is 1. The lowest BCUT2D eigenvalue weighted by molar-refractivity contribution is 0.598. The minimum absolute atomic E-state index is 0.00537. The summed E-state index contributed by atoms with van der Waals surface area (Å²) in [6.45, 7) is 5.60. The Bertz CT molecular complexity index is 511. The number of primary sulfonamides is 1. The highest BCUT2D eigenvalue weighted by atomic mass is 32.2. The summed E-state index contributed by atoms with van der Waals surface area (Å²) in [7, 11) is -3.74. The van der Waals surface area contributed by atoms with Crippen molar-refractivity contribution in [3.8, 4) is 0 Å². The maximum atomic E-state index is 11.2. The lowest BCUT2D eigenvalue weighted by Gasteiger charge is -2.14. The van der Waals surface area contributed by atoms with Crippen molar-refractivity contribution in [2.75, 3.05) is 11.1 Å². The van der Waals surface area contributed by atoms with Gasteiger partial charge in [-0.3, -0.25) is 0 Å². The topological polar surface area (TPSA) is 98.2 Å². The first kappa shape index (κ1) is 13.5. The van der Waals surface area contributed by atoms with Gasteiger partial charge in [-0.1, -0.05) is 6.08 Å². The predicted octanol–water partition coefficient (Wildman–Crippen LogP) is 1.29. The van der Waals surface area contributed by atoms with Crippen LogP contribution in [0.15, 0.2) is 35.7 Å². The summed E-state index contributed by atoms with van der Waals surface area (Å²) in [6, 6.07) is 4.60. The molecule has 1 rings (SSSR count). The van der Waals surface area contributed by atoms with E-state index in [0.717, 1.165) is 6.42 Å². The smallest absolute Gasteiger partial charge is 0.238 e. The molecular formula is C11H17N3O2S. The highest BCUT2D eigenvalue weighted by Gasteiger charge is 2.10. The fourth-order valence-electron chi connectivity index (χ4n) is 1.46. The Balaban J connectivity index is 3.02. The molecule has 1 aromatic carbocycles. The Kier molecular flexibility index (Phi) is 4.14. The summed E-state index contributed by atoms with van der Waals surface area (Å²) < 4.78 is 22.5. The van der Waals surface area contributed by atoms with E-state index in [-0.39, 0.29) is 10.9 Å². The minimum atomic E-state index is -3.74. The standard InChI is InChI=1S/C11H17N3O2S/c1-3-4-8(2)14-10-5-9(12)6-11(7-10)17(13,15)16/h3,5-8,14H,1,4,12H2,2H3,(H2,13,15,16). The molecule has 0 aliphatic rings. The lowest BCUT2D eigenvalue weighted by atomic mass is 10.2. The van der Waals surface area contributed by atoms with Crippen molar-refractivity contribution in [3.63, 3.8) is 0 Å². The average Bonchev–Trinajstić information content (AvgIpc) is 2.15. The van der Waals surface area contributed by atoms with Crippen molar-refractivity contribution in [1.29, 1.82) is 0 Å². The SMILES string of the molecule is C=CCC(C)Nc1cc(N)cc(S(N)(=O)=O)c1. The maximum absolute atomic E-state index is 11.2. The van der Waals surface area contributed by atoms with Crippen LogP contribution in [0.25, 0.3) is 0 Å². The average molecular weight is 255 g/mol. The van der Waals surface area contributed by atoms with E-state index in [1.165, 1.54) is 12.1 Å². The van der Waals surface area contributed by atoms with Gasteiger partial charge >= 0.3 is 0 Å². The number of hydrogen-bond acceptors (Lipinski definition) is 4. The molecule has 6 heteroatoms. The van der Waals surface area contributed by atoms with Crippen molar-refractivity contribution in [2.45, 2.75) is 24.3 Å². The molecule has 1 unspecified atom stereocenters. The van der Waals surface area contributed by atoms with Gasteiger partial charge in [0.15, 0.2) is 0 Å². The molecular weight excluding hydrogens is 238 g/mol. The van der Waals surface area contributed by atoms with E-state index >= 15 is 0 Å². The molecule has 1 aromatic rings. The van der Waals surface area contributed by atoms with Crippen molar-refractivity contribution < 1.29 is 8.42 Å². The van der Waals surface area contributed by atoms with Crippen LogP contribution in [0, 0.1) is 0 Å². The zero-order chi connectivity index (χ0) is 13.1. The Morgan fingerprint density at radius 1 is 1.47 bits per heavy atom. The summed E-state index contributed by atoms with van der Waals surface area (Å²) in [4.78, 5) is 0.00537. The molecule has 0 bridgehead atoms. The summed E-state index contributed by atoms with van der Waals surface area (Å²) in [5.74, 6) is 0. The Morgan fingerprint density at radius 2 is 2.12 bits per heavy atom. The molecule has 1 atom stereocenters. The number of hydrogen-bond donors (Lipinski definition) is 3. The molecule has 0 aliphatic heterocycles. The number of rotatable bonds is 5. The molecule has 0 aliphatic carbocycles. The summed E-state index contributed by atoms with van der Waals surface area (Å²) in [5.41, 5.74) is 6.61. The van der Waals surface area contributed by atoms with Crippen molar-refractivity contribution in [3.05, 3.63) is 30.9 Å². The number of benzene rings is 1. The van der Waals surface area contributed by atoms with E-state index in [0.29, 0.717) is 11.4 Å². The van der Waals surface area contributed by atoms with Crippen molar-refractivity contribution >= 4 is 21.4 Å². The third-order valence-corrected chi connectivity index (χ3v) is 3.08. The van der Waals surface area contributed by atoms with Crippen LogP contribution in [0.3, 0.4) is 0 Å². The van der Waals surface area contributed by atoms with E-state index < -0.39 is 10.0 Å².